The highest BCUT2D eigenvalue weighted by atomic mass is 16.5. The van der Waals surface area contributed by atoms with Crippen molar-refractivity contribution < 1.29 is 28.9 Å². The van der Waals surface area contributed by atoms with Crippen molar-refractivity contribution in [1.82, 2.24) is 0 Å². The van der Waals surface area contributed by atoms with Gasteiger partial charge in [-0.05, 0) is 105 Å². The number of rotatable bonds is 2. The third-order valence-corrected chi connectivity index (χ3v) is 10.8. The molecule has 2 fully saturated rings. The number of hydrogen-bond donors (Lipinski definition) is 2. The first kappa shape index (κ1) is 29.6. The van der Waals surface area contributed by atoms with Crippen LogP contribution in [0.4, 0.5) is 0 Å². The lowest BCUT2D eigenvalue weighted by molar-refractivity contribution is -0.157. The number of benzene rings is 2. The van der Waals surface area contributed by atoms with Gasteiger partial charge in [0.25, 0.3) is 0 Å². The topological polar surface area (TPSA) is 106 Å². The van der Waals surface area contributed by atoms with Crippen LogP contribution in [0.2, 0.25) is 0 Å². The fourth-order valence-corrected chi connectivity index (χ4v) is 8.47. The summed E-state index contributed by atoms with van der Waals surface area (Å²) in [5, 5.41) is 20.4. The molecule has 4 aliphatic rings. The summed E-state index contributed by atoms with van der Waals surface area (Å²) in [6.45, 7) is 8.68. The zero-order chi connectivity index (χ0) is 30.5. The number of fused-ring (bicyclic) bond motifs is 7. The van der Waals surface area contributed by atoms with E-state index in [0.29, 0.717) is 71.5 Å². The van der Waals surface area contributed by atoms with Crippen LogP contribution in [0.15, 0.2) is 39.5 Å². The van der Waals surface area contributed by atoms with Gasteiger partial charge in [-0.25, -0.2) is 0 Å². The summed E-state index contributed by atoms with van der Waals surface area (Å²) in [6.07, 6.45) is 9.03. The van der Waals surface area contributed by atoms with Gasteiger partial charge in [0.05, 0.1) is 6.61 Å². The Morgan fingerprint density at radius 1 is 1.07 bits per heavy atom. The average molecular weight is 589 g/mol. The summed E-state index contributed by atoms with van der Waals surface area (Å²) in [6, 6.07) is 9.06. The van der Waals surface area contributed by atoms with Crippen LogP contribution >= 0.6 is 0 Å². The van der Waals surface area contributed by atoms with E-state index in [1.54, 1.807) is 13.0 Å². The molecule has 0 saturated heterocycles. The number of esters is 1. The molecule has 7 nitrogen and oxygen atoms in total. The number of carbonyl (C=O) groups is 1. The van der Waals surface area contributed by atoms with Gasteiger partial charge in [-0.1, -0.05) is 26.8 Å². The molecule has 2 N–H and O–H groups in total. The Balaban J connectivity index is 0.000000157. The molecule has 3 aromatic rings. The van der Waals surface area contributed by atoms with E-state index in [0.717, 1.165) is 25.7 Å². The van der Waals surface area contributed by atoms with E-state index in [-0.39, 0.29) is 34.1 Å². The predicted molar refractivity (Wildman–Crippen MR) is 165 cm³/mol. The molecule has 230 valence electrons. The van der Waals surface area contributed by atoms with Gasteiger partial charge in [0.2, 0.25) is 0 Å². The summed E-state index contributed by atoms with van der Waals surface area (Å²) in [5.74, 6) is 3.92. The molecule has 2 heterocycles. The average Bonchev–Trinajstić information content (AvgIpc) is 3.18. The maximum atomic E-state index is 12.0. The van der Waals surface area contributed by atoms with Crippen LogP contribution in [0.5, 0.6) is 17.2 Å². The molecule has 7 heteroatoms. The molecule has 6 atom stereocenters. The molecular formula is C36H44O7. The fourth-order valence-electron chi connectivity index (χ4n) is 8.47. The van der Waals surface area contributed by atoms with E-state index >= 15 is 0 Å². The van der Waals surface area contributed by atoms with Crippen LogP contribution in [0.25, 0.3) is 11.0 Å². The number of carbonyl (C=O) groups excluding carboxylic acids is 1. The first-order valence-electron chi connectivity index (χ1n) is 16.0. The highest BCUT2D eigenvalue weighted by Crippen LogP contribution is 2.61. The SMILES string of the molecule is CCC(=O)OC1CCC2C3CCc4cc(O)ccc4C3CCC12C.Cc1cc(=O)c2c(O)c3c(cc2o1)OCC(C)CC3. The molecule has 2 saturated carbocycles. The van der Waals surface area contributed by atoms with Crippen LogP contribution in [0.1, 0.15) is 94.1 Å². The zero-order valence-corrected chi connectivity index (χ0v) is 25.8. The summed E-state index contributed by atoms with van der Waals surface area (Å²) in [4.78, 5) is 23.8. The van der Waals surface area contributed by atoms with E-state index in [4.69, 9.17) is 13.9 Å². The molecule has 0 amide bonds. The van der Waals surface area contributed by atoms with Crippen LogP contribution in [0, 0.1) is 30.1 Å². The highest BCUT2D eigenvalue weighted by Gasteiger charge is 2.56. The van der Waals surface area contributed by atoms with Gasteiger partial charge in [-0.15, -0.1) is 0 Å². The van der Waals surface area contributed by atoms with Gasteiger partial charge in [0, 0.05) is 29.5 Å². The van der Waals surface area contributed by atoms with Gasteiger partial charge in [0.15, 0.2) is 5.43 Å². The van der Waals surface area contributed by atoms with Crippen molar-refractivity contribution >= 4 is 16.9 Å². The predicted octanol–water partition coefficient (Wildman–Crippen LogP) is 7.34. The number of hydrogen-bond acceptors (Lipinski definition) is 7. The Kier molecular flexibility index (Phi) is 7.95. The second kappa shape index (κ2) is 11.5. The van der Waals surface area contributed by atoms with Crippen LogP contribution in [-0.4, -0.2) is 28.9 Å². The second-order valence-corrected chi connectivity index (χ2v) is 13.5. The van der Waals surface area contributed by atoms with Gasteiger partial charge in [0.1, 0.15) is 40.1 Å². The summed E-state index contributed by atoms with van der Waals surface area (Å²) >= 11 is 0. The Hall–Kier alpha value is -3.48. The third kappa shape index (κ3) is 5.40. The van der Waals surface area contributed by atoms with E-state index in [2.05, 4.69) is 19.9 Å². The lowest BCUT2D eigenvalue weighted by Gasteiger charge is -2.50. The minimum absolute atomic E-state index is 0.00958. The number of phenols is 2. The first-order valence-corrected chi connectivity index (χ1v) is 16.0. The maximum absolute atomic E-state index is 12.0. The molecule has 2 aromatic carbocycles. The van der Waals surface area contributed by atoms with Crippen LogP contribution in [0.3, 0.4) is 0 Å². The number of aromatic hydroxyl groups is 2. The fraction of sp³-hybridized carbons (Fsp3) is 0.556. The van der Waals surface area contributed by atoms with E-state index in [1.165, 1.54) is 36.5 Å². The second-order valence-electron chi connectivity index (χ2n) is 13.5. The smallest absolute Gasteiger partial charge is 0.305 e. The van der Waals surface area contributed by atoms with Gasteiger partial charge in [-0.2, -0.15) is 0 Å². The highest BCUT2D eigenvalue weighted by molar-refractivity contribution is 5.87. The van der Waals surface area contributed by atoms with Crippen molar-refractivity contribution in [3.63, 3.8) is 0 Å². The minimum Gasteiger partial charge on any atom is -0.508 e. The lowest BCUT2D eigenvalue weighted by atomic mass is 9.55. The van der Waals surface area contributed by atoms with Crippen molar-refractivity contribution in [2.45, 2.75) is 97.5 Å². The van der Waals surface area contributed by atoms with Gasteiger partial charge in [-0.3, -0.25) is 9.59 Å². The molecule has 6 unspecified atom stereocenters. The Bertz CT molecular complexity index is 1590. The molecule has 3 aliphatic carbocycles. The lowest BCUT2D eigenvalue weighted by Crippen LogP contribution is -2.45. The first-order chi connectivity index (χ1) is 20.6. The van der Waals surface area contributed by atoms with Crippen molar-refractivity contribution in [2.75, 3.05) is 6.61 Å². The number of ether oxygens (including phenoxy) is 2. The van der Waals surface area contributed by atoms with Crippen LogP contribution < -0.4 is 10.2 Å². The van der Waals surface area contributed by atoms with Crippen molar-refractivity contribution in [2.24, 2.45) is 23.2 Å². The Morgan fingerprint density at radius 3 is 2.67 bits per heavy atom. The van der Waals surface area contributed by atoms with Crippen molar-refractivity contribution in [1.29, 1.82) is 0 Å². The number of phenolic OH excluding ortho intramolecular Hbond substituents is 2. The third-order valence-electron chi connectivity index (χ3n) is 10.8. The monoisotopic (exact) mass is 588 g/mol. The Labute approximate surface area is 253 Å². The summed E-state index contributed by atoms with van der Waals surface area (Å²) < 4.78 is 17.1. The van der Waals surface area contributed by atoms with E-state index in [9.17, 15) is 19.8 Å². The van der Waals surface area contributed by atoms with E-state index in [1.807, 2.05) is 19.1 Å². The minimum atomic E-state index is -0.212. The molecule has 43 heavy (non-hydrogen) atoms. The van der Waals surface area contributed by atoms with Crippen molar-refractivity contribution in [3.05, 3.63) is 63.0 Å². The quantitative estimate of drug-likeness (QED) is 0.302. The molecule has 0 radical (unpaired) electrons. The van der Waals surface area contributed by atoms with Crippen LogP contribution in [-0.2, 0) is 22.4 Å². The zero-order valence-electron chi connectivity index (χ0n) is 25.8. The standard InChI is InChI=1S/C21H28O3.C15H16O4/c1-3-20(23)24-19-9-8-18-17-6-4-13-12-14(22)5-7-15(13)16(17)10-11-21(18,19)2;1-8-3-4-10-12(18-7-8)6-13-14(15(10)17)11(16)5-9(2)19-13/h5,7,12,16-19,22H,3-4,6,8-11H2,1-2H3;5-6,8,17H,3-4,7H2,1-2H3. The van der Waals surface area contributed by atoms with Gasteiger partial charge >= 0.3 is 5.97 Å². The molecule has 7 rings (SSSR count). The van der Waals surface area contributed by atoms with E-state index < -0.39 is 0 Å². The molecule has 1 aliphatic heterocycles. The normalized spacial score (nSPS) is 29.1. The number of aryl methyl sites for hydroxylation is 2. The molecule has 0 spiro atoms. The maximum Gasteiger partial charge on any atom is 0.305 e. The van der Waals surface area contributed by atoms with Crippen molar-refractivity contribution in [3.8, 4) is 17.2 Å². The molecule has 1 aromatic heterocycles. The van der Waals surface area contributed by atoms with Gasteiger partial charge < -0.3 is 24.1 Å². The molecule has 0 bridgehead atoms. The Morgan fingerprint density at radius 2 is 1.88 bits per heavy atom. The summed E-state index contributed by atoms with van der Waals surface area (Å²) in [5.41, 5.74) is 3.84. The largest absolute Gasteiger partial charge is 0.508 e. The summed E-state index contributed by atoms with van der Waals surface area (Å²) in [7, 11) is 0. The molecular weight excluding hydrogens is 544 g/mol.